The second kappa shape index (κ2) is 10.5. The van der Waals surface area contributed by atoms with E-state index in [-0.39, 0.29) is 28.8 Å². The van der Waals surface area contributed by atoms with Gasteiger partial charge in [-0.05, 0) is 54.5 Å². The van der Waals surface area contributed by atoms with E-state index in [1.165, 1.54) is 37.5 Å². The highest BCUT2D eigenvalue weighted by molar-refractivity contribution is 6.12. The van der Waals surface area contributed by atoms with Crippen LogP contribution in [0.5, 0.6) is 11.5 Å². The molecule has 0 amide bonds. The third-order valence-electron chi connectivity index (χ3n) is 5.08. The van der Waals surface area contributed by atoms with Gasteiger partial charge in [-0.2, -0.15) is 0 Å². The monoisotopic (exact) mass is 484 g/mol. The summed E-state index contributed by atoms with van der Waals surface area (Å²) < 4.78 is 16.0. The maximum Gasteiger partial charge on any atom is 0.363 e. The molecule has 1 heterocycles. The number of rotatable bonds is 7. The molecule has 0 fully saturated rings. The van der Waals surface area contributed by atoms with Crippen molar-refractivity contribution in [2.24, 2.45) is 4.99 Å². The van der Waals surface area contributed by atoms with E-state index >= 15 is 0 Å². The van der Waals surface area contributed by atoms with Crippen LogP contribution in [0.2, 0.25) is 0 Å². The predicted octanol–water partition coefficient (Wildman–Crippen LogP) is 4.88. The van der Waals surface area contributed by atoms with E-state index in [0.717, 1.165) is 11.6 Å². The van der Waals surface area contributed by atoms with E-state index in [2.05, 4.69) is 4.99 Å². The topological polar surface area (TPSA) is 117 Å². The van der Waals surface area contributed by atoms with E-state index in [0.29, 0.717) is 16.7 Å². The van der Waals surface area contributed by atoms with Crippen LogP contribution in [-0.2, 0) is 14.3 Å². The number of hydrogen-bond donors (Lipinski definition) is 0. The minimum atomic E-state index is -0.697. The van der Waals surface area contributed by atoms with Crippen molar-refractivity contribution in [2.75, 3.05) is 7.11 Å². The lowest BCUT2D eigenvalue weighted by Crippen LogP contribution is -2.05. The van der Waals surface area contributed by atoms with Crippen LogP contribution in [0.4, 0.5) is 5.69 Å². The van der Waals surface area contributed by atoms with Crippen molar-refractivity contribution in [3.63, 3.8) is 0 Å². The standard InChI is InChI=1S/C27H20N2O7/c1-17-5-3-7-20(13-17)26-28-22(27(31)36-26)15-19-9-11-23(24(16-19)34-2)35-25(30)12-10-18-6-4-8-21(14-18)29(32)33/h3-16H,1-2H3/b12-10+,22-15-. The molecule has 0 spiro atoms. The van der Waals surface area contributed by atoms with Crippen molar-refractivity contribution >= 4 is 35.7 Å². The van der Waals surface area contributed by atoms with Gasteiger partial charge >= 0.3 is 11.9 Å². The summed E-state index contributed by atoms with van der Waals surface area (Å²) in [5.74, 6) is -0.630. The molecule has 0 aliphatic carbocycles. The quantitative estimate of drug-likeness (QED) is 0.154. The first-order valence-corrected chi connectivity index (χ1v) is 10.7. The van der Waals surface area contributed by atoms with Crippen LogP contribution in [-0.4, -0.2) is 29.9 Å². The minimum absolute atomic E-state index is 0.0848. The number of cyclic esters (lactones) is 1. The number of aryl methyl sites for hydroxylation is 1. The SMILES string of the molecule is COc1cc(/C=C2\N=C(c3cccc(C)c3)OC2=O)ccc1OC(=O)/C=C/c1cccc([N+](=O)[O-])c1. The first-order chi connectivity index (χ1) is 17.3. The third kappa shape index (κ3) is 5.71. The molecule has 9 nitrogen and oxygen atoms in total. The maximum absolute atomic E-state index is 12.3. The fourth-order valence-corrected chi connectivity index (χ4v) is 3.38. The summed E-state index contributed by atoms with van der Waals surface area (Å²) in [5.41, 5.74) is 2.81. The highest BCUT2D eigenvalue weighted by Crippen LogP contribution is 2.30. The molecule has 0 saturated carbocycles. The molecule has 4 rings (SSSR count). The molecule has 0 bridgehead atoms. The van der Waals surface area contributed by atoms with Gasteiger partial charge in [0.15, 0.2) is 17.2 Å². The Morgan fingerprint density at radius 1 is 1.03 bits per heavy atom. The van der Waals surface area contributed by atoms with Gasteiger partial charge in [0.25, 0.3) is 5.69 Å². The lowest BCUT2D eigenvalue weighted by atomic mass is 10.1. The van der Waals surface area contributed by atoms with Gasteiger partial charge in [0.2, 0.25) is 5.90 Å². The minimum Gasteiger partial charge on any atom is -0.493 e. The molecule has 0 aromatic heterocycles. The number of nitro groups is 1. The second-order valence-electron chi connectivity index (χ2n) is 7.72. The summed E-state index contributed by atoms with van der Waals surface area (Å²) in [6.45, 7) is 1.93. The van der Waals surface area contributed by atoms with Crippen molar-refractivity contribution in [1.29, 1.82) is 0 Å². The number of esters is 2. The van der Waals surface area contributed by atoms with Crippen LogP contribution in [0.15, 0.2) is 83.5 Å². The van der Waals surface area contributed by atoms with Crippen LogP contribution in [0.3, 0.4) is 0 Å². The number of nitrogens with zero attached hydrogens (tertiary/aromatic N) is 2. The molecule has 1 aliphatic heterocycles. The Labute approximate surface area is 206 Å². The van der Waals surface area contributed by atoms with E-state index < -0.39 is 16.9 Å². The Balaban J connectivity index is 1.50. The van der Waals surface area contributed by atoms with Gasteiger partial charge in [0.1, 0.15) is 0 Å². The number of benzene rings is 3. The third-order valence-corrected chi connectivity index (χ3v) is 5.08. The van der Waals surface area contributed by atoms with Crippen LogP contribution < -0.4 is 9.47 Å². The van der Waals surface area contributed by atoms with Gasteiger partial charge in [-0.3, -0.25) is 10.1 Å². The molecule has 9 heteroatoms. The normalized spacial score (nSPS) is 14.0. The van der Waals surface area contributed by atoms with Crippen molar-refractivity contribution in [1.82, 2.24) is 0 Å². The first-order valence-electron chi connectivity index (χ1n) is 10.7. The molecule has 0 radical (unpaired) electrons. The van der Waals surface area contributed by atoms with Crippen LogP contribution in [0.25, 0.3) is 12.2 Å². The van der Waals surface area contributed by atoms with Crippen LogP contribution in [0.1, 0.15) is 22.3 Å². The zero-order chi connectivity index (χ0) is 25.7. The Bertz CT molecular complexity index is 1450. The Kier molecular flexibility index (Phi) is 7.01. The van der Waals surface area contributed by atoms with Crippen LogP contribution in [0, 0.1) is 17.0 Å². The highest BCUT2D eigenvalue weighted by atomic mass is 16.6. The number of nitro benzene ring substituents is 1. The lowest BCUT2D eigenvalue weighted by molar-refractivity contribution is -0.384. The largest absolute Gasteiger partial charge is 0.493 e. The summed E-state index contributed by atoms with van der Waals surface area (Å²) in [6, 6.07) is 18.1. The summed E-state index contributed by atoms with van der Waals surface area (Å²) in [4.78, 5) is 39.3. The van der Waals surface area contributed by atoms with Gasteiger partial charge in [-0.15, -0.1) is 0 Å². The molecule has 0 unspecified atom stereocenters. The Hall–Kier alpha value is -5.05. The molecule has 3 aromatic carbocycles. The Morgan fingerprint density at radius 3 is 2.58 bits per heavy atom. The Morgan fingerprint density at radius 2 is 1.83 bits per heavy atom. The number of aliphatic imine (C=N–C) groups is 1. The fourth-order valence-electron chi connectivity index (χ4n) is 3.38. The van der Waals surface area contributed by atoms with Crippen molar-refractivity contribution in [3.05, 3.63) is 111 Å². The van der Waals surface area contributed by atoms with Gasteiger partial charge in [-0.25, -0.2) is 14.6 Å². The smallest absolute Gasteiger partial charge is 0.363 e. The van der Waals surface area contributed by atoms with E-state index in [1.54, 1.807) is 24.3 Å². The van der Waals surface area contributed by atoms with Crippen molar-refractivity contribution in [2.45, 2.75) is 6.92 Å². The van der Waals surface area contributed by atoms with Gasteiger partial charge in [0.05, 0.1) is 12.0 Å². The molecule has 3 aromatic rings. The van der Waals surface area contributed by atoms with Crippen LogP contribution >= 0.6 is 0 Å². The highest BCUT2D eigenvalue weighted by Gasteiger charge is 2.24. The van der Waals surface area contributed by atoms with Gasteiger partial charge in [0, 0.05) is 23.8 Å². The van der Waals surface area contributed by atoms with Gasteiger partial charge < -0.3 is 14.2 Å². The molecule has 36 heavy (non-hydrogen) atoms. The predicted molar refractivity (Wildman–Crippen MR) is 133 cm³/mol. The summed E-state index contributed by atoms with van der Waals surface area (Å²) in [5, 5.41) is 10.9. The lowest BCUT2D eigenvalue weighted by Gasteiger charge is -2.08. The maximum atomic E-state index is 12.3. The molecule has 0 saturated heterocycles. The molecule has 180 valence electrons. The fraction of sp³-hybridized carbons (Fsp3) is 0.0741. The average molecular weight is 484 g/mol. The zero-order valence-corrected chi connectivity index (χ0v) is 19.3. The van der Waals surface area contributed by atoms with E-state index in [9.17, 15) is 19.7 Å². The number of non-ortho nitro benzene ring substituents is 1. The van der Waals surface area contributed by atoms with E-state index in [1.807, 2.05) is 31.2 Å². The number of methoxy groups -OCH3 is 1. The molecule has 1 aliphatic rings. The van der Waals surface area contributed by atoms with Crippen molar-refractivity contribution < 1.29 is 28.7 Å². The second-order valence-corrected chi connectivity index (χ2v) is 7.72. The molecular weight excluding hydrogens is 464 g/mol. The summed E-state index contributed by atoms with van der Waals surface area (Å²) >= 11 is 0. The number of hydrogen-bond acceptors (Lipinski definition) is 8. The number of carbonyl (C=O) groups is 2. The average Bonchev–Trinajstić information content (AvgIpc) is 3.23. The number of carbonyl (C=O) groups excluding carboxylic acids is 2. The molecular formula is C27H20N2O7. The number of ether oxygens (including phenoxy) is 3. The first kappa shape index (κ1) is 24.1. The van der Waals surface area contributed by atoms with Gasteiger partial charge in [-0.1, -0.05) is 35.9 Å². The summed E-state index contributed by atoms with van der Waals surface area (Å²) in [6.07, 6.45) is 4.11. The molecule has 0 atom stereocenters. The zero-order valence-electron chi connectivity index (χ0n) is 19.3. The van der Waals surface area contributed by atoms with Crippen molar-refractivity contribution in [3.8, 4) is 11.5 Å². The summed E-state index contributed by atoms with van der Waals surface area (Å²) in [7, 11) is 1.42. The van der Waals surface area contributed by atoms with E-state index in [4.69, 9.17) is 14.2 Å². The molecule has 0 N–H and O–H groups in total.